The topological polar surface area (TPSA) is 97.4 Å². The molecule has 0 aliphatic heterocycles. The number of anilines is 1. The third kappa shape index (κ3) is 4.85. The normalized spacial score (nSPS) is 11.3. The van der Waals surface area contributed by atoms with Crippen molar-refractivity contribution >= 4 is 32.5 Å². The third-order valence-corrected chi connectivity index (χ3v) is 5.50. The number of ether oxygens (including phenoxy) is 1. The smallest absolute Gasteiger partial charge is 0.264 e. The van der Waals surface area contributed by atoms with Crippen molar-refractivity contribution in [2.75, 3.05) is 25.0 Å². The van der Waals surface area contributed by atoms with E-state index in [4.69, 9.17) is 4.74 Å². The summed E-state index contributed by atoms with van der Waals surface area (Å²) in [7, 11) is -2.23. The predicted octanol–water partition coefficient (Wildman–Crippen LogP) is 2.34. The van der Waals surface area contributed by atoms with E-state index < -0.39 is 10.0 Å². The maximum atomic E-state index is 12.8. The Morgan fingerprint density at radius 3 is 2.57 bits per heavy atom. The molecule has 0 saturated carbocycles. The van der Waals surface area contributed by atoms with E-state index in [1.807, 2.05) is 12.1 Å². The zero-order chi connectivity index (χ0) is 20.0. The van der Waals surface area contributed by atoms with Gasteiger partial charge >= 0.3 is 0 Å². The van der Waals surface area contributed by atoms with Crippen LogP contribution in [0.2, 0.25) is 0 Å². The number of pyridine rings is 1. The second-order valence-corrected chi connectivity index (χ2v) is 7.80. The average molecular weight is 399 g/mol. The van der Waals surface area contributed by atoms with Crippen LogP contribution in [0.4, 0.5) is 5.69 Å². The number of nitrogens with one attached hydrogen (secondary N) is 2. The van der Waals surface area contributed by atoms with Gasteiger partial charge in [-0.1, -0.05) is 30.3 Å². The first kappa shape index (κ1) is 19.8. The molecule has 0 saturated heterocycles. The van der Waals surface area contributed by atoms with Gasteiger partial charge < -0.3 is 10.1 Å². The lowest BCUT2D eigenvalue weighted by Gasteiger charge is -2.11. The summed E-state index contributed by atoms with van der Waals surface area (Å²) in [5.41, 5.74) is 1.61. The molecule has 1 aromatic heterocycles. The van der Waals surface area contributed by atoms with Gasteiger partial charge in [0.1, 0.15) is 4.90 Å². The van der Waals surface area contributed by atoms with Crippen LogP contribution in [0.5, 0.6) is 0 Å². The number of para-hydroxylation sites is 1. The highest BCUT2D eigenvalue weighted by Crippen LogP contribution is 2.23. The van der Waals surface area contributed by atoms with Gasteiger partial charge in [-0.15, -0.1) is 0 Å². The zero-order valence-corrected chi connectivity index (χ0v) is 16.2. The molecular formula is C20H21N3O4S. The molecule has 0 bridgehead atoms. The highest BCUT2D eigenvalue weighted by molar-refractivity contribution is 7.93. The van der Waals surface area contributed by atoms with Gasteiger partial charge in [0.25, 0.3) is 10.0 Å². The monoisotopic (exact) mass is 399 g/mol. The largest absolute Gasteiger partial charge is 0.383 e. The highest BCUT2D eigenvalue weighted by atomic mass is 32.2. The minimum atomic E-state index is -3.80. The van der Waals surface area contributed by atoms with E-state index in [9.17, 15) is 13.2 Å². The van der Waals surface area contributed by atoms with Gasteiger partial charge in [0, 0.05) is 30.9 Å². The number of carbonyl (C=O) groups is 1. The van der Waals surface area contributed by atoms with Gasteiger partial charge in [0.05, 0.1) is 18.5 Å². The quantitative estimate of drug-likeness (QED) is 0.567. The molecule has 8 heteroatoms. The highest BCUT2D eigenvalue weighted by Gasteiger charge is 2.18. The standard InChI is InChI=1S/C20H21N3O4S/c1-27-13-12-21-19(24)14-15-7-9-17(10-8-15)23-28(25,26)18-6-2-4-16-5-3-11-22-20(16)18/h2-11,23H,12-14H2,1H3,(H,21,24). The van der Waals surface area contributed by atoms with Crippen LogP contribution in [0.1, 0.15) is 5.56 Å². The molecule has 0 spiro atoms. The van der Waals surface area contributed by atoms with E-state index in [0.717, 1.165) is 10.9 Å². The fourth-order valence-electron chi connectivity index (χ4n) is 2.73. The molecule has 1 amide bonds. The summed E-state index contributed by atoms with van der Waals surface area (Å²) in [5, 5.41) is 3.49. The SMILES string of the molecule is COCCNC(=O)Cc1ccc(NS(=O)(=O)c2cccc3cccnc23)cc1. The van der Waals surface area contributed by atoms with Gasteiger partial charge in [-0.25, -0.2) is 8.42 Å². The molecule has 146 valence electrons. The lowest BCUT2D eigenvalue weighted by Crippen LogP contribution is -2.28. The summed E-state index contributed by atoms with van der Waals surface area (Å²) in [6.45, 7) is 0.905. The van der Waals surface area contributed by atoms with E-state index in [2.05, 4.69) is 15.0 Å². The summed E-state index contributed by atoms with van der Waals surface area (Å²) < 4.78 is 33.0. The lowest BCUT2D eigenvalue weighted by atomic mass is 10.1. The van der Waals surface area contributed by atoms with E-state index in [1.165, 1.54) is 6.07 Å². The Kier molecular flexibility index (Phi) is 6.23. The molecule has 0 aliphatic carbocycles. The first-order valence-electron chi connectivity index (χ1n) is 8.71. The van der Waals surface area contributed by atoms with Crippen molar-refractivity contribution in [1.82, 2.24) is 10.3 Å². The van der Waals surface area contributed by atoms with Crippen molar-refractivity contribution in [3.8, 4) is 0 Å². The van der Waals surface area contributed by atoms with Crippen LogP contribution >= 0.6 is 0 Å². The minimum absolute atomic E-state index is 0.118. The van der Waals surface area contributed by atoms with E-state index in [-0.39, 0.29) is 17.2 Å². The lowest BCUT2D eigenvalue weighted by molar-refractivity contribution is -0.120. The Labute approximate surface area is 163 Å². The van der Waals surface area contributed by atoms with Crippen LogP contribution < -0.4 is 10.0 Å². The number of fused-ring (bicyclic) bond motifs is 1. The van der Waals surface area contributed by atoms with Crippen LogP contribution in [0.3, 0.4) is 0 Å². The third-order valence-electron chi connectivity index (χ3n) is 4.08. The molecular weight excluding hydrogens is 378 g/mol. The molecule has 28 heavy (non-hydrogen) atoms. The van der Waals surface area contributed by atoms with Crippen LogP contribution in [0.25, 0.3) is 10.9 Å². The van der Waals surface area contributed by atoms with Crippen LogP contribution in [-0.4, -0.2) is 39.6 Å². The Morgan fingerprint density at radius 1 is 1.07 bits per heavy atom. The molecule has 0 radical (unpaired) electrons. The Morgan fingerprint density at radius 2 is 1.82 bits per heavy atom. The number of nitrogens with zero attached hydrogens (tertiary/aromatic N) is 1. The number of hydrogen-bond donors (Lipinski definition) is 2. The van der Waals surface area contributed by atoms with E-state index in [1.54, 1.807) is 49.7 Å². The molecule has 3 rings (SSSR count). The number of rotatable bonds is 8. The number of amides is 1. The summed E-state index contributed by atoms with van der Waals surface area (Å²) >= 11 is 0. The van der Waals surface area contributed by atoms with Gasteiger partial charge in [-0.3, -0.25) is 14.5 Å². The van der Waals surface area contributed by atoms with Crippen LogP contribution in [0, 0.1) is 0 Å². The average Bonchev–Trinajstić information content (AvgIpc) is 2.69. The maximum absolute atomic E-state index is 12.8. The van der Waals surface area contributed by atoms with Crippen molar-refractivity contribution in [1.29, 1.82) is 0 Å². The second-order valence-electron chi connectivity index (χ2n) is 6.15. The van der Waals surface area contributed by atoms with Crippen molar-refractivity contribution in [3.63, 3.8) is 0 Å². The first-order chi connectivity index (χ1) is 13.5. The number of benzene rings is 2. The summed E-state index contributed by atoms with van der Waals surface area (Å²) in [4.78, 5) is 16.1. The number of carbonyl (C=O) groups excluding carboxylic acids is 1. The van der Waals surface area contributed by atoms with Crippen molar-refractivity contribution in [3.05, 3.63) is 66.4 Å². The van der Waals surface area contributed by atoms with E-state index >= 15 is 0 Å². The van der Waals surface area contributed by atoms with Crippen LogP contribution in [0.15, 0.2) is 65.7 Å². The fourth-order valence-corrected chi connectivity index (χ4v) is 3.97. The van der Waals surface area contributed by atoms with Gasteiger partial charge in [-0.05, 0) is 29.8 Å². The Bertz CT molecular complexity index is 1060. The summed E-state index contributed by atoms with van der Waals surface area (Å²) in [5.74, 6) is -0.118. The van der Waals surface area contributed by atoms with Crippen molar-refractivity contribution in [2.24, 2.45) is 0 Å². The molecule has 1 heterocycles. The fraction of sp³-hybridized carbons (Fsp3) is 0.200. The number of hydrogen-bond acceptors (Lipinski definition) is 5. The number of methoxy groups -OCH3 is 1. The van der Waals surface area contributed by atoms with Gasteiger partial charge in [0.15, 0.2) is 0 Å². The van der Waals surface area contributed by atoms with Crippen LogP contribution in [-0.2, 0) is 26.0 Å². The second kappa shape index (κ2) is 8.81. The number of sulfonamides is 1. The molecule has 2 N–H and O–H groups in total. The number of aromatic nitrogens is 1. The summed E-state index contributed by atoms with van der Waals surface area (Å²) in [6, 6.07) is 15.3. The molecule has 0 atom stereocenters. The first-order valence-corrected chi connectivity index (χ1v) is 10.2. The Balaban J connectivity index is 1.72. The zero-order valence-electron chi connectivity index (χ0n) is 15.4. The van der Waals surface area contributed by atoms with Gasteiger partial charge in [0.2, 0.25) is 5.91 Å². The van der Waals surface area contributed by atoms with Crippen molar-refractivity contribution in [2.45, 2.75) is 11.3 Å². The molecule has 3 aromatic rings. The van der Waals surface area contributed by atoms with Crippen molar-refractivity contribution < 1.29 is 17.9 Å². The molecule has 7 nitrogen and oxygen atoms in total. The van der Waals surface area contributed by atoms with E-state index in [0.29, 0.717) is 24.4 Å². The minimum Gasteiger partial charge on any atom is -0.383 e. The molecule has 0 aliphatic rings. The molecule has 0 fully saturated rings. The maximum Gasteiger partial charge on any atom is 0.264 e. The predicted molar refractivity (Wildman–Crippen MR) is 108 cm³/mol. The Hall–Kier alpha value is -2.97. The molecule has 0 unspecified atom stereocenters. The summed E-state index contributed by atoms with van der Waals surface area (Å²) in [6.07, 6.45) is 1.78. The molecule has 2 aromatic carbocycles. The van der Waals surface area contributed by atoms with Gasteiger partial charge in [-0.2, -0.15) is 0 Å².